The molecule has 41 heavy (non-hydrogen) atoms. The molecule has 0 amide bonds. The summed E-state index contributed by atoms with van der Waals surface area (Å²) < 4.78 is 2.05. The molecule has 0 spiro atoms. The second kappa shape index (κ2) is 13.3. The van der Waals surface area contributed by atoms with E-state index in [1.165, 1.54) is 80.8 Å². The third-order valence-corrected chi connectivity index (χ3v) is 8.14. The van der Waals surface area contributed by atoms with Gasteiger partial charge in [0.1, 0.15) is 0 Å². The van der Waals surface area contributed by atoms with E-state index in [1.54, 1.807) is 0 Å². The minimum absolute atomic E-state index is 0. The molecular formula is C31H38ClN5O4. The average Bonchev–Trinajstić information content (AvgIpc) is 3.42. The third kappa shape index (κ3) is 6.98. The lowest BCUT2D eigenvalue weighted by atomic mass is 9.80. The number of piperidine rings is 1. The van der Waals surface area contributed by atoms with Crippen LogP contribution in [0.25, 0.3) is 16.6 Å². The highest BCUT2D eigenvalue weighted by Gasteiger charge is 2.34. The molecule has 1 atom stereocenters. The molecule has 3 N–H and O–H groups in total. The number of carbonyl (C=O) groups is 2. The van der Waals surface area contributed by atoms with Crippen molar-refractivity contribution in [1.82, 2.24) is 20.0 Å². The van der Waals surface area contributed by atoms with Gasteiger partial charge in [0.25, 0.3) is 0 Å². The first-order valence-electron chi connectivity index (χ1n) is 13.9. The summed E-state index contributed by atoms with van der Waals surface area (Å²) in [7, 11) is 0. The fourth-order valence-corrected chi connectivity index (χ4v) is 5.68. The summed E-state index contributed by atoms with van der Waals surface area (Å²) in [5, 5.41) is 26.8. The summed E-state index contributed by atoms with van der Waals surface area (Å²) in [4.78, 5) is 26.6. The number of carboxylic acid groups (broad SMARTS) is 2. The highest BCUT2D eigenvalue weighted by Crippen LogP contribution is 2.31. The Morgan fingerprint density at radius 2 is 1.68 bits per heavy atom. The zero-order valence-corrected chi connectivity index (χ0v) is 24.1. The Balaban J connectivity index is 0.000000236. The lowest BCUT2D eigenvalue weighted by molar-refractivity contribution is -0.145. The van der Waals surface area contributed by atoms with Gasteiger partial charge in [-0.2, -0.15) is 5.10 Å². The molecule has 2 saturated heterocycles. The molecule has 1 aliphatic carbocycles. The van der Waals surface area contributed by atoms with E-state index in [9.17, 15) is 9.59 Å². The zero-order valence-electron chi connectivity index (χ0n) is 23.3. The fraction of sp³-hybridized carbons (Fsp3) is 0.387. The molecule has 0 radical (unpaired) electrons. The van der Waals surface area contributed by atoms with E-state index in [0.717, 1.165) is 24.8 Å². The van der Waals surface area contributed by atoms with Gasteiger partial charge in [0.15, 0.2) is 0 Å². The van der Waals surface area contributed by atoms with E-state index in [0.29, 0.717) is 0 Å². The van der Waals surface area contributed by atoms with Crippen LogP contribution < -0.4 is 10.2 Å². The number of fused-ring (bicyclic) bond motifs is 1. The van der Waals surface area contributed by atoms with Crippen molar-refractivity contribution in [3.05, 3.63) is 78.5 Å². The monoisotopic (exact) mass is 579 g/mol. The molecular weight excluding hydrogens is 542 g/mol. The first kappa shape index (κ1) is 30.3. The standard InChI is InChI=1S/C22H27N5.C9H10O4.ClH/c1-2-4-20(5-3-1)27-22-16-21(7-6-18(22)17-24-27)26-14-12-25(13-15-26)19-8-10-23-11-9-19;1-9(8(12)13)4-2-3-6(5-9)7(10)11;/h1-7,16-17,19,23H,8-15H2;2-4H,5H2,1H3,(H,10,11)(H,12,13);1H. The minimum Gasteiger partial charge on any atom is -0.481 e. The minimum atomic E-state index is -1.08. The molecule has 2 aliphatic heterocycles. The van der Waals surface area contributed by atoms with E-state index in [1.807, 2.05) is 16.9 Å². The van der Waals surface area contributed by atoms with Gasteiger partial charge in [-0.25, -0.2) is 9.48 Å². The Morgan fingerprint density at radius 3 is 2.34 bits per heavy atom. The zero-order chi connectivity index (χ0) is 28.1. The van der Waals surface area contributed by atoms with E-state index in [4.69, 9.17) is 10.2 Å². The fourth-order valence-electron chi connectivity index (χ4n) is 5.68. The number of aromatic nitrogens is 2. The van der Waals surface area contributed by atoms with Gasteiger partial charge in [0.2, 0.25) is 0 Å². The van der Waals surface area contributed by atoms with Crippen molar-refractivity contribution in [3.63, 3.8) is 0 Å². The summed E-state index contributed by atoms with van der Waals surface area (Å²) in [6, 6.07) is 17.9. The van der Waals surface area contributed by atoms with E-state index >= 15 is 0 Å². The SMILES string of the molecule is CC1(C(=O)O)C=CC=C(C(=O)O)C1.Cl.c1ccc(-n2ncc3ccc(N4CCN(C5CCNCC5)CC4)cc32)cc1. The van der Waals surface area contributed by atoms with Crippen molar-refractivity contribution < 1.29 is 19.8 Å². The maximum atomic E-state index is 10.8. The molecule has 0 bridgehead atoms. The Morgan fingerprint density at radius 1 is 0.976 bits per heavy atom. The van der Waals surface area contributed by atoms with Crippen molar-refractivity contribution in [3.8, 4) is 5.69 Å². The molecule has 1 aromatic heterocycles. The Labute approximate surface area is 246 Å². The molecule has 10 heteroatoms. The first-order chi connectivity index (χ1) is 19.3. The van der Waals surface area contributed by atoms with Gasteiger partial charge in [-0.3, -0.25) is 9.69 Å². The smallest absolute Gasteiger partial charge is 0.331 e. The van der Waals surface area contributed by atoms with Crippen LogP contribution in [0.3, 0.4) is 0 Å². The Bertz CT molecular complexity index is 1410. The maximum Gasteiger partial charge on any atom is 0.331 e. The number of anilines is 1. The van der Waals surface area contributed by atoms with Crippen LogP contribution in [0.4, 0.5) is 5.69 Å². The number of para-hydroxylation sites is 1. The number of nitrogens with zero attached hydrogens (tertiary/aromatic N) is 4. The number of aliphatic carboxylic acids is 2. The molecule has 6 rings (SSSR count). The molecule has 9 nitrogen and oxygen atoms in total. The quantitative estimate of drug-likeness (QED) is 0.409. The van der Waals surface area contributed by atoms with E-state index in [2.05, 4.69) is 62.7 Å². The molecule has 3 heterocycles. The van der Waals surface area contributed by atoms with Crippen LogP contribution in [-0.4, -0.2) is 82.1 Å². The highest BCUT2D eigenvalue weighted by atomic mass is 35.5. The molecule has 218 valence electrons. The average molecular weight is 580 g/mol. The van der Waals surface area contributed by atoms with Crippen LogP contribution in [0.2, 0.25) is 0 Å². The maximum absolute atomic E-state index is 10.8. The van der Waals surface area contributed by atoms with Crippen LogP contribution in [0.5, 0.6) is 0 Å². The van der Waals surface area contributed by atoms with Crippen molar-refractivity contribution in [2.75, 3.05) is 44.2 Å². The normalized spacial score (nSPS) is 21.4. The van der Waals surface area contributed by atoms with Gasteiger partial charge >= 0.3 is 11.9 Å². The van der Waals surface area contributed by atoms with Gasteiger partial charge in [0.05, 0.1) is 22.8 Å². The summed E-state index contributed by atoms with van der Waals surface area (Å²) in [5.41, 5.74) is 2.65. The van der Waals surface area contributed by atoms with Crippen molar-refractivity contribution in [2.45, 2.75) is 32.2 Å². The number of allylic oxidation sites excluding steroid dienone is 2. The number of carboxylic acids is 2. The highest BCUT2D eigenvalue weighted by molar-refractivity contribution is 5.90. The molecule has 3 aliphatic rings. The summed E-state index contributed by atoms with van der Waals surface area (Å²) in [5.74, 6) is -2.06. The number of nitrogens with one attached hydrogen (secondary N) is 1. The van der Waals surface area contributed by atoms with Crippen molar-refractivity contribution >= 4 is 40.9 Å². The lowest BCUT2D eigenvalue weighted by Crippen LogP contribution is -2.52. The summed E-state index contributed by atoms with van der Waals surface area (Å²) in [6.07, 6.45) is 8.98. The summed E-state index contributed by atoms with van der Waals surface area (Å²) >= 11 is 0. The van der Waals surface area contributed by atoms with Crippen LogP contribution in [0.15, 0.2) is 78.5 Å². The first-order valence-corrected chi connectivity index (χ1v) is 13.9. The molecule has 0 saturated carbocycles. The summed E-state index contributed by atoms with van der Waals surface area (Å²) in [6.45, 7) is 8.39. The Hall–Kier alpha value is -3.66. The van der Waals surface area contributed by atoms with Gasteiger partial charge in [-0.1, -0.05) is 36.4 Å². The number of benzene rings is 2. The molecule has 3 aromatic rings. The van der Waals surface area contributed by atoms with Crippen molar-refractivity contribution in [1.29, 1.82) is 0 Å². The number of piperazine rings is 1. The van der Waals surface area contributed by atoms with E-state index < -0.39 is 17.4 Å². The Kier molecular flexibility index (Phi) is 9.86. The van der Waals surface area contributed by atoms with Crippen molar-refractivity contribution in [2.24, 2.45) is 5.41 Å². The molecule has 2 fully saturated rings. The van der Waals surface area contributed by atoms with Crippen LogP contribution >= 0.6 is 12.4 Å². The third-order valence-electron chi connectivity index (χ3n) is 8.14. The second-order valence-corrected chi connectivity index (χ2v) is 10.9. The van der Waals surface area contributed by atoms with Crippen LogP contribution in [0, 0.1) is 5.41 Å². The van der Waals surface area contributed by atoms with Crippen LogP contribution in [0.1, 0.15) is 26.2 Å². The number of hydrogen-bond donors (Lipinski definition) is 3. The number of rotatable bonds is 5. The largest absolute Gasteiger partial charge is 0.481 e. The molecule has 1 unspecified atom stereocenters. The lowest BCUT2D eigenvalue weighted by Gasteiger charge is -2.41. The predicted molar refractivity (Wildman–Crippen MR) is 163 cm³/mol. The predicted octanol–water partition coefficient (Wildman–Crippen LogP) is 4.37. The van der Waals surface area contributed by atoms with Gasteiger partial charge < -0.3 is 20.4 Å². The number of hydrogen-bond acceptors (Lipinski definition) is 6. The topological polar surface area (TPSA) is 111 Å². The van der Waals surface area contributed by atoms with Crippen LogP contribution in [-0.2, 0) is 9.59 Å². The van der Waals surface area contributed by atoms with E-state index in [-0.39, 0.29) is 24.4 Å². The second-order valence-electron chi connectivity index (χ2n) is 10.9. The number of halogens is 1. The van der Waals surface area contributed by atoms with Gasteiger partial charge in [-0.05, 0) is 69.6 Å². The van der Waals surface area contributed by atoms with Gasteiger partial charge in [0, 0.05) is 48.9 Å². The van der Waals surface area contributed by atoms with Gasteiger partial charge in [-0.15, -0.1) is 12.4 Å². The molecule has 2 aromatic carbocycles.